The third-order valence-electron chi connectivity index (χ3n) is 3.26. The molecule has 0 aromatic heterocycles. The summed E-state index contributed by atoms with van der Waals surface area (Å²) in [7, 11) is 0. The van der Waals surface area contributed by atoms with Crippen LogP contribution in [0.3, 0.4) is 0 Å². The first-order valence-electron chi connectivity index (χ1n) is 7.27. The average Bonchev–Trinajstić information content (AvgIpc) is 2.46. The highest BCUT2D eigenvalue weighted by Crippen LogP contribution is 2.31. The van der Waals surface area contributed by atoms with Crippen LogP contribution in [0.25, 0.3) is 0 Å². The molecule has 0 unspecified atom stereocenters. The average molecular weight is 317 g/mol. The van der Waals surface area contributed by atoms with Gasteiger partial charge in [-0.05, 0) is 41.3 Å². The topological polar surface area (TPSA) is 58.6 Å². The van der Waals surface area contributed by atoms with E-state index < -0.39 is 5.82 Å². The second-order valence-electron chi connectivity index (χ2n) is 6.27. The maximum Gasteiger partial charge on any atom is 0.262 e. The lowest BCUT2D eigenvalue weighted by molar-refractivity contribution is -0.118. The fourth-order valence-corrected chi connectivity index (χ4v) is 2.12. The quantitative estimate of drug-likeness (QED) is 0.842. The van der Waals surface area contributed by atoms with Gasteiger partial charge in [0.2, 0.25) is 0 Å². The van der Waals surface area contributed by atoms with Crippen LogP contribution in [-0.2, 0) is 10.2 Å². The Balaban J connectivity index is 2.04. The predicted octanol–water partition coefficient (Wildman–Crippen LogP) is 3.85. The summed E-state index contributed by atoms with van der Waals surface area (Å²) in [4.78, 5) is 11.9. The Morgan fingerprint density at radius 2 is 1.83 bits per heavy atom. The van der Waals surface area contributed by atoms with E-state index in [1.807, 2.05) is 20.8 Å². The molecule has 2 aromatic rings. The zero-order valence-corrected chi connectivity index (χ0v) is 13.4. The number of ether oxygens (including phenoxy) is 1. The first-order chi connectivity index (χ1) is 10.8. The summed E-state index contributed by atoms with van der Waals surface area (Å²) in [5.41, 5.74) is 1.15. The van der Waals surface area contributed by atoms with Crippen LogP contribution in [-0.4, -0.2) is 17.6 Å². The molecule has 0 heterocycles. The number of rotatable bonds is 4. The van der Waals surface area contributed by atoms with Crippen LogP contribution in [0.2, 0.25) is 0 Å². The number of hydrogen-bond acceptors (Lipinski definition) is 3. The van der Waals surface area contributed by atoms with Gasteiger partial charge in [-0.2, -0.15) is 0 Å². The molecule has 2 rings (SSSR count). The number of carbonyl (C=O) groups excluding carboxylic acids is 1. The second-order valence-corrected chi connectivity index (χ2v) is 6.27. The van der Waals surface area contributed by atoms with Crippen molar-refractivity contribution in [2.24, 2.45) is 0 Å². The molecular weight excluding hydrogens is 297 g/mol. The van der Waals surface area contributed by atoms with Crippen molar-refractivity contribution in [2.45, 2.75) is 26.2 Å². The molecule has 0 aliphatic rings. The smallest absolute Gasteiger partial charge is 0.262 e. The van der Waals surface area contributed by atoms with Crippen LogP contribution in [0.1, 0.15) is 26.3 Å². The first kappa shape index (κ1) is 16.8. The fraction of sp³-hybridized carbons (Fsp3) is 0.278. The van der Waals surface area contributed by atoms with E-state index in [1.54, 1.807) is 18.2 Å². The Labute approximate surface area is 134 Å². The van der Waals surface area contributed by atoms with Crippen LogP contribution in [0, 0.1) is 5.82 Å². The van der Waals surface area contributed by atoms with E-state index in [0.717, 1.165) is 5.56 Å². The summed E-state index contributed by atoms with van der Waals surface area (Å²) in [6.45, 7) is 5.74. The zero-order chi connectivity index (χ0) is 17.0. The van der Waals surface area contributed by atoms with E-state index in [-0.39, 0.29) is 23.7 Å². The number of nitrogens with one attached hydrogen (secondary N) is 1. The van der Waals surface area contributed by atoms with Gasteiger partial charge in [0, 0.05) is 11.8 Å². The molecule has 4 nitrogen and oxygen atoms in total. The van der Waals surface area contributed by atoms with Crippen LogP contribution >= 0.6 is 0 Å². The number of anilines is 1. The number of amides is 1. The number of phenols is 1. The second kappa shape index (κ2) is 6.69. The maximum absolute atomic E-state index is 13.4. The van der Waals surface area contributed by atoms with Crippen LogP contribution in [0.5, 0.6) is 11.5 Å². The van der Waals surface area contributed by atoms with Gasteiger partial charge in [-0.1, -0.05) is 26.8 Å². The predicted molar refractivity (Wildman–Crippen MR) is 87.3 cm³/mol. The molecule has 1 amide bonds. The Hall–Kier alpha value is -2.56. The molecule has 5 heteroatoms. The van der Waals surface area contributed by atoms with Crippen LogP contribution in [0.4, 0.5) is 10.1 Å². The zero-order valence-electron chi connectivity index (χ0n) is 13.4. The number of hydrogen-bond donors (Lipinski definition) is 2. The lowest BCUT2D eigenvalue weighted by Gasteiger charge is -2.22. The molecule has 0 radical (unpaired) electrons. The van der Waals surface area contributed by atoms with Crippen LogP contribution in [0.15, 0.2) is 42.5 Å². The molecule has 2 aromatic carbocycles. The molecular formula is C18H20FNO3. The highest BCUT2D eigenvalue weighted by molar-refractivity contribution is 5.91. The fourth-order valence-electron chi connectivity index (χ4n) is 2.12. The standard InChI is InChI=1S/C18H20FNO3/c1-18(2,3)15-9-4-12(19)10-16(15)23-11-17(22)20-13-5-7-14(21)8-6-13/h4-10,21H,11H2,1-3H3,(H,20,22). The van der Waals surface area contributed by atoms with Gasteiger partial charge in [-0.15, -0.1) is 0 Å². The largest absolute Gasteiger partial charge is 0.508 e. The van der Waals surface area contributed by atoms with E-state index in [1.165, 1.54) is 24.3 Å². The summed E-state index contributed by atoms with van der Waals surface area (Å²) in [5, 5.41) is 11.8. The number of aromatic hydroxyl groups is 1. The highest BCUT2D eigenvalue weighted by atomic mass is 19.1. The molecule has 0 atom stereocenters. The molecule has 23 heavy (non-hydrogen) atoms. The van der Waals surface area contributed by atoms with Crippen LogP contribution < -0.4 is 10.1 Å². The number of carbonyl (C=O) groups is 1. The molecule has 0 fully saturated rings. The van der Waals surface area contributed by atoms with Gasteiger partial charge in [-0.3, -0.25) is 4.79 Å². The van der Waals surface area contributed by atoms with E-state index in [0.29, 0.717) is 11.4 Å². The third kappa shape index (κ3) is 4.71. The van der Waals surface area contributed by atoms with Crippen molar-refractivity contribution in [2.75, 3.05) is 11.9 Å². The maximum atomic E-state index is 13.4. The van der Waals surface area contributed by atoms with E-state index in [2.05, 4.69) is 5.32 Å². The van der Waals surface area contributed by atoms with Crippen molar-refractivity contribution < 1.29 is 19.0 Å². The normalized spacial score (nSPS) is 11.1. The van der Waals surface area contributed by atoms with Crippen molar-refractivity contribution in [1.82, 2.24) is 0 Å². The summed E-state index contributed by atoms with van der Waals surface area (Å²) in [6.07, 6.45) is 0. The van der Waals surface area contributed by atoms with Gasteiger partial charge in [0.05, 0.1) is 0 Å². The summed E-state index contributed by atoms with van der Waals surface area (Å²) >= 11 is 0. The molecule has 0 spiro atoms. The van der Waals surface area contributed by atoms with Crippen molar-refractivity contribution in [1.29, 1.82) is 0 Å². The van der Waals surface area contributed by atoms with E-state index >= 15 is 0 Å². The SMILES string of the molecule is CC(C)(C)c1ccc(F)cc1OCC(=O)Nc1ccc(O)cc1. The van der Waals surface area contributed by atoms with Gasteiger partial charge >= 0.3 is 0 Å². The van der Waals surface area contributed by atoms with Crippen molar-refractivity contribution in [3.05, 3.63) is 53.8 Å². The minimum atomic E-state index is -0.410. The lowest BCUT2D eigenvalue weighted by Crippen LogP contribution is -2.22. The van der Waals surface area contributed by atoms with Gasteiger partial charge in [0.1, 0.15) is 17.3 Å². The molecule has 0 aliphatic heterocycles. The Morgan fingerprint density at radius 3 is 2.43 bits per heavy atom. The minimum Gasteiger partial charge on any atom is -0.508 e. The minimum absolute atomic E-state index is 0.119. The van der Waals surface area contributed by atoms with Crippen molar-refractivity contribution in [3.63, 3.8) is 0 Å². The van der Waals surface area contributed by atoms with E-state index in [9.17, 15) is 14.3 Å². The molecule has 0 saturated heterocycles. The third-order valence-corrected chi connectivity index (χ3v) is 3.26. The summed E-state index contributed by atoms with van der Waals surface area (Å²) in [6, 6.07) is 10.4. The van der Waals surface area contributed by atoms with Gasteiger partial charge in [0.15, 0.2) is 6.61 Å². The number of halogens is 1. The van der Waals surface area contributed by atoms with Crippen molar-refractivity contribution in [3.8, 4) is 11.5 Å². The molecule has 0 saturated carbocycles. The Morgan fingerprint density at radius 1 is 1.17 bits per heavy atom. The Kier molecular flexibility index (Phi) is 4.89. The molecule has 122 valence electrons. The van der Waals surface area contributed by atoms with Gasteiger partial charge < -0.3 is 15.2 Å². The molecule has 2 N–H and O–H groups in total. The number of benzene rings is 2. The monoisotopic (exact) mass is 317 g/mol. The summed E-state index contributed by atoms with van der Waals surface area (Å²) < 4.78 is 18.9. The Bertz CT molecular complexity index is 690. The first-order valence-corrected chi connectivity index (χ1v) is 7.27. The van der Waals surface area contributed by atoms with Gasteiger partial charge in [-0.25, -0.2) is 4.39 Å². The van der Waals surface area contributed by atoms with Gasteiger partial charge in [0.25, 0.3) is 5.91 Å². The van der Waals surface area contributed by atoms with Crippen molar-refractivity contribution >= 4 is 11.6 Å². The molecule has 0 aliphatic carbocycles. The molecule has 0 bridgehead atoms. The number of phenolic OH excluding ortho intramolecular Hbond substituents is 1. The lowest BCUT2D eigenvalue weighted by atomic mass is 9.86. The van der Waals surface area contributed by atoms with E-state index in [4.69, 9.17) is 4.74 Å². The summed E-state index contributed by atoms with van der Waals surface area (Å²) in [5.74, 6) is -0.293. The highest BCUT2D eigenvalue weighted by Gasteiger charge is 2.20.